The zero-order chi connectivity index (χ0) is 20.1. The maximum Gasteiger partial charge on any atom is 0.388 e. The number of ether oxygens (including phenoxy) is 2. The van der Waals surface area contributed by atoms with E-state index in [0.29, 0.717) is 5.56 Å². The maximum atomic E-state index is 12.4. The van der Waals surface area contributed by atoms with E-state index in [1.165, 1.54) is 18.3 Å². The summed E-state index contributed by atoms with van der Waals surface area (Å²) in [6, 6.07) is 2.11. The first kappa shape index (κ1) is 22.4. The summed E-state index contributed by atoms with van der Waals surface area (Å²) in [5, 5.41) is 0. The Labute approximate surface area is 155 Å². The summed E-state index contributed by atoms with van der Waals surface area (Å²) in [4.78, 5) is 16.0. The van der Waals surface area contributed by atoms with Crippen LogP contribution in [0.5, 0.6) is 5.88 Å². The standard InChI is InChI=1S/C17H26F2N2O4S/c1-16(2,3)25-14(22)9-12(21-26(23)17(4,5)6)11-7-8-13(20-10-11)24-15(18)19/h7-8,10,12,15,21H,9H2,1-6H3. The fourth-order valence-corrected chi connectivity index (χ4v) is 2.67. The molecule has 0 aliphatic heterocycles. The van der Waals surface area contributed by atoms with Gasteiger partial charge in [0.1, 0.15) is 5.60 Å². The second-order valence-corrected chi connectivity index (χ2v) is 9.65. The van der Waals surface area contributed by atoms with E-state index >= 15 is 0 Å². The topological polar surface area (TPSA) is 77.5 Å². The molecule has 0 aliphatic carbocycles. The minimum absolute atomic E-state index is 0.0875. The van der Waals surface area contributed by atoms with Gasteiger partial charge in [-0.05, 0) is 47.1 Å². The van der Waals surface area contributed by atoms with Gasteiger partial charge in [0.15, 0.2) is 0 Å². The lowest BCUT2D eigenvalue weighted by Crippen LogP contribution is -2.37. The van der Waals surface area contributed by atoms with Crippen molar-refractivity contribution in [2.45, 2.75) is 71.0 Å². The molecule has 2 unspecified atom stereocenters. The van der Waals surface area contributed by atoms with Crippen molar-refractivity contribution in [3.05, 3.63) is 23.9 Å². The van der Waals surface area contributed by atoms with Crippen LogP contribution in [0.25, 0.3) is 0 Å². The molecular weight excluding hydrogens is 366 g/mol. The summed E-state index contributed by atoms with van der Waals surface area (Å²) in [6.45, 7) is 7.64. The van der Waals surface area contributed by atoms with Crippen LogP contribution in [0.2, 0.25) is 0 Å². The number of pyridine rings is 1. The van der Waals surface area contributed by atoms with Crippen LogP contribution < -0.4 is 9.46 Å². The summed E-state index contributed by atoms with van der Waals surface area (Å²) in [5.41, 5.74) is -0.145. The van der Waals surface area contributed by atoms with Crippen molar-refractivity contribution >= 4 is 17.0 Å². The molecule has 148 valence electrons. The molecule has 26 heavy (non-hydrogen) atoms. The highest BCUT2D eigenvalue weighted by Gasteiger charge is 2.27. The van der Waals surface area contributed by atoms with Crippen LogP contribution >= 0.6 is 0 Å². The van der Waals surface area contributed by atoms with E-state index in [2.05, 4.69) is 14.4 Å². The Bertz CT molecular complexity index is 625. The molecule has 0 bridgehead atoms. The molecule has 0 fully saturated rings. The molecule has 1 aromatic heterocycles. The summed E-state index contributed by atoms with van der Waals surface area (Å²) in [7, 11) is -1.46. The Morgan fingerprint density at radius 3 is 2.27 bits per heavy atom. The van der Waals surface area contributed by atoms with Crippen molar-refractivity contribution in [2.75, 3.05) is 0 Å². The van der Waals surface area contributed by atoms with E-state index in [1.807, 2.05) is 0 Å². The van der Waals surface area contributed by atoms with Gasteiger partial charge in [-0.25, -0.2) is 13.9 Å². The van der Waals surface area contributed by atoms with Crippen LogP contribution in [0.1, 0.15) is 59.6 Å². The molecule has 0 saturated carbocycles. The van der Waals surface area contributed by atoms with Crippen LogP contribution in [0.4, 0.5) is 8.78 Å². The Morgan fingerprint density at radius 2 is 1.85 bits per heavy atom. The molecule has 0 amide bonds. The molecule has 9 heteroatoms. The minimum atomic E-state index is -2.97. The van der Waals surface area contributed by atoms with Gasteiger partial charge in [0, 0.05) is 12.3 Å². The third-order valence-electron chi connectivity index (χ3n) is 2.97. The Kier molecular flexibility index (Phi) is 7.64. The van der Waals surface area contributed by atoms with E-state index < -0.39 is 40.0 Å². The molecule has 1 N–H and O–H groups in total. The van der Waals surface area contributed by atoms with Crippen LogP contribution in [-0.4, -0.2) is 32.1 Å². The van der Waals surface area contributed by atoms with E-state index in [0.717, 1.165) is 0 Å². The summed E-state index contributed by atoms with van der Waals surface area (Å²) in [6.07, 6.45) is 1.22. The fraction of sp³-hybridized carbons (Fsp3) is 0.647. The second-order valence-electron chi connectivity index (χ2n) is 7.65. The molecule has 0 saturated heterocycles. The Balaban J connectivity index is 2.99. The van der Waals surface area contributed by atoms with Gasteiger partial charge in [-0.15, -0.1) is 0 Å². The van der Waals surface area contributed by atoms with Crippen molar-refractivity contribution in [1.29, 1.82) is 0 Å². The SMILES string of the molecule is CC(C)(C)OC(=O)CC(NS(=O)C(C)(C)C)c1ccc(OC(F)F)nc1. The monoisotopic (exact) mass is 392 g/mol. The molecule has 0 radical (unpaired) electrons. The molecule has 0 aromatic carbocycles. The molecule has 0 aliphatic rings. The van der Waals surface area contributed by atoms with Gasteiger partial charge < -0.3 is 9.47 Å². The third kappa shape index (κ3) is 8.18. The normalized spacial score (nSPS) is 14.8. The lowest BCUT2D eigenvalue weighted by molar-refractivity contribution is -0.155. The second kappa shape index (κ2) is 8.85. The first-order valence-corrected chi connectivity index (χ1v) is 9.23. The molecule has 6 nitrogen and oxygen atoms in total. The Morgan fingerprint density at radius 1 is 1.23 bits per heavy atom. The lowest BCUT2D eigenvalue weighted by atomic mass is 10.1. The van der Waals surface area contributed by atoms with Gasteiger partial charge in [-0.1, -0.05) is 6.07 Å². The number of nitrogens with zero attached hydrogens (tertiary/aromatic N) is 1. The van der Waals surface area contributed by atoms with Gasteiger partial charge in [-0.2, -0.15) is 8.78 Å². The largest absolute Gasteiger partial charge is 0.460 e. The first-order valence-electron chi connectivity index (χ1n) is 8.08. The summed E-state index contributed by atoms with van der Waals surface area (Å²) >= 11 is 0. The fourth-order valence-electron chi connectivity index (χ4n) is 1.84. The minimum Gasteiger partial charge on any atom is -0.460 e. The number of rotatable bonds is 7. The van der Waals surface area contributed by atoms with Gasteiger partial charge in [0.05, 0.1) is 28.2 Å². The number of carbonyl (C=O) groups excluding carboxylic acids is 1. The maximum absolute atomic E-state index is 12.4. The van der Waals surface area contributed by atoms with E-state index in [9.17, 15) is 17.8 Å². The zero-order valence-electron chi connectivity index (χ0n) is 15.8. The van der Waals surface area contributed by atoms with Crippen molar-refractivity contribution in [3.63, 3.8) is 0 Å². The quantitative estimate of drug-likeness (QED) is 0.719. The highest BCUT2D eigenvalue weighted by atomic mass is 32.2. The number of aromatic nitrogens is 1. The highest BCUT2D eigenvalue weighted by Crippen LogP contribution is 2.23. The van der Waals surface area contributed by atoms with Crippen molar-refractivity contribution < 1.29 is 27.3 Å². The van der Waals surface area contributed by atoms with Crippen LogP contribution in [0, 0.1) is 0 Å². The average Bonchev–Trinajstić information content (AvgIpc) is 2.43. The number of halogens is 2. The van der Waals surface area contributed by atoms with E-state index in [-0.39, 0.29) is 12.3 Å². The highest BCUT2D eigenvalue weighted by molar-refractivity contribution is 7.84. The van der Waals surface area contributed by atoms with Crippen LogP contribution in [-0.2, 0) is 20.5 Å². The lowest BCUT2D eigenvalue weighted by Gasteiger charge is -2.26. The Hall–Kier alpha value is -1.61. The number of alkyl halides is 2. The molecule has 0 spiro atoms. The molecule has 2 atom stereocenters. The summed E-state index contributed by atoms with van der Waals surface area (Å²) < 4.78 is 48.8. The number of esters is 1. The number of carbonyl (C=O) groups is 1. The number of hydrogen-bond acceptors (Lipinski definition) is 5. The van der Waals surface area contributed by atoms with Gasteiger partial charge >= 0.3 is 12.6 Å². The first-order chi connectivity index (χ1) is 11.8. The molecular formula is C17H26F2N2O4S. The van der Waals surface area contributed by atoms with Gasteiger partial charge in [0.2, 0.25) is 5.88 Å². The van der Waals surface area contributed by atoms with Crippen molar-refractivity contribution in [1.82, 2.24) is 9.71 Å². The average molecular weight is 392 g/mol. The van der Waals surface area contributed by atoms with Crippen molar-refractivity contribution in [3.8, 4) is 5.88 Å². The number of hydrogen-bond donors (Lipinski definition) is 1. The molecule has 1 heterocycles. The van der Waals surface area contributed by atoms with Crippen molar-refractivity contribution in [2.24, 2.45) is 0 Å². The van der Waals surface area contributed by atoms with Gasteiger partial charge in [0.25, 0.3) is 0 Å². The van der Waals surface area contributed by atoms with E-state index in [1.54, 1.807) is 41.5 Å². The smallest absolute Gasteiger partial charge is 0.388 e. The van der Waals surface area contributed by atoms with E-state index in [4.69, 9.17) is 4.74 Å². The van der Waals surface area contributed by atoms with Crippen LogP contribution in [0.15, 0.2) is 18.3 Å². The third-order valence-corrected chi connectivity index (χ3v) is 4.58. The van der Waals surface area contributed by atoms with Crippen LogP contribution in [0.3, 0.4) is 0 Å². The molecule has 1 aromatic rings. The zero-order valence-corrected chi connectivity index (χ0v) is 16.7. The summed E-state index contributed by atoms with van der Waals surface area (Å²) in [5.74, 6) is -0.717. The molecule has 1 rings (SSSR count). The van der Waals surface area contributed by atoms with Gasteiger partial charge in [-0.3, -0.25) is 4.79 Å². The predicted molar refractivity (Wildman–Crippen MR) is 95.1 cm³/mol. The number of nitrogens with one attached hydrogen (secondary N) is 1. The predicted octanol–water partition coefficient (Wildman–Crippen LogP) is 3.51.